The molecule has 0 aromatic heterocycles. The van der Waals surface area contributed by atoms with Gasteiger partial charge in [0.2, 0.25) is 0 Å². The van der Waals surface area contributed by atoms with Gasteiger partial charge in [-0.1, -0.05) is 0 Å². The molecule has 0 N–H and O–H groups in total. The van der Waals surface area contributed by atoms with Crippen molar-refractivity contribution in [2.45, 2.75) is 11.4 Å². The van der Waals surface area contributed by atoms with E-state index in [0.29, 0.717) is 0 Å². The molecular formula is C2F5KO2S. The van der Waals surface area contributed by atoms with Crippen molar-refractivity contribution in [2.75, 3.05) is 0 Å². The van der Waals surface area contributed by atoms with Gasteiger partial charge in [0.25, 0.3) is 0 Å². The molecule has 0 heterocycles. The Kier molecular flexibility index (Phi) is 6.20. The Morgan fingerprint density at radius 3 is 1.36 bits per heavy atom. The second-order valence-corrected chi connectivity index (χ2v) is 2.23. The predicted molar refractivity (Wildman–Crippen MR) is 19.9 cm³/mol. The minimum Gasteiger partial charge on any atom is -0.768 e. The fourth-order valence-electron chi connectivity index (χ4n) is 0.0945. The number of halogens is 5. The van der Waals surface area contributed by atoms with Crippen molar-refractivity contribution >= 4 is 11.1 Å². The molecule has 0 aliphatic rings. The summed E-state index contributed by atoms with van der Waals surface area (Å²) in [6, 6.07) is 0. The van der Waals surface area contributed by atoms with Gasteiger partial charge in [-0.2, -0.15) is 22.0 Å². The van der Waals surface area contributed by atoms with Gasteiger partial charge >= 0.3 is 62.8 Å². The summed E-state index contributed by atoms with van der Waals surface area (Å²) in [5.74, 6) is 0. The summed E-state index contributed by atoms with van der Waals surface area (Å²) in [7, 11) is 0. The summed E-state index contributed by atoms with van der Waals surface area (Å²) in [6.45, 7) is 0. The van der Waals surface area contributed by atoms with Crippen molar-refractivity contribution in [1.82, 2.24) is 0 Å². The molecule has 0 fully saturated rings. The Morgan fingerprint density at radius 2 is 1.36 bits per heavy atom. The van der Waals surface area contributed by atoms with Crippen LogP contribution < -0.4 is 51.4 Å². The molecule has 0 spiro atoms. The first-order chi connectivity index (χ1) is 4.19. The summed E-state index contributed by atoms with van der Waals surface area (Å²) in [4.78, 5) is 0. The molecule has 0 aliphatic carbocycles. The van der Waals surface area contributed by atoms with E-state index in [2.05, 4.69) is 0 Å². The van der Waals surface area contributed by atoms with Crippen LogP contribution in [0, 0.1) is 0 Å². The molecule has 0 aromatic carbocycles. The average Bonchev–Trinajstić information content (AvgIpc) is 1.62. The quantitative estimate of drug-likeness (QED) is 0.293. The second-order valence-electron chi connectivity index (χ2n) is 1.25. The van der Waals surface area contributed by atoms with E-state index in [1.54, 1.807) is 0 Å². The van der Waals surface area contributed by atoms with Gasteiger partial charge in [-0.05, 0) is 0 Å². The number of hydrogen-bond donors (Lipinski definition) is 0. The van der Waals surface area contributed by atoms with Crippen molar-refractivity contribution < 1.29 is 82.1 Å². The molecule has 0 saturated carbocycles. The number of rotatable bonds is 1. The molecule has 1 unspecified atom stereocenters. The Morgan fingerprint density at radius 1 is 1.09 bits per heavy atom. The van der Waals surface area contributed by atoms with E-state index in [0.717, 1.165) is 0 Å². The molecule has 11 heavy (non-hydrogen) atoms. The maximum Gasteiger partial charge on any atom is 1.00 e. The van der Waals surface area contributed by atoms with Gasteiger partial charge in [0.1, 0.15) is 0 Å². The van der Waals surface area contributed by atoms with Crippen LogP contribution in [0.3, 0.4) is 0 Å². The smallest absolute Gasteiger partial charge is 0.768 e. The van der Waals surface area contributed by atoms with Gasteiger partial charge in [0.15, 0.2) is 0 Å². The molecule has 0 amide bonds. The van der Waals surface area contributed by atoms with Crippen LogP contribution in [-0.2, 0) is 11.1 Å². The molecule has 62 valence electrons. The van der Waals surface area contributed by atoms with Crippen molar-refractivity contribution in [1.29, 1.82) is 0 Å². The van der Waals surface area contributed by atoms with E-state index in [1.807, 2.05) is 0 Å². The Balaban J connectivity index is 0. The largest absolute Gasteiger partial charge is 1.00 e. The summed E-state index contributed by atoms with van der Waals surface area (Å²) in [5, 5.41) is -5.65. The zero-order chi connectivity index (χ0) is 8.58. The maximum atomic E-state index is 11.3. The van der Waals surface area contributed by atoms with Gasteiger partial charge in [0.05, 0.1) is 0 Å². The van der Waals surface area contributed by atoms with Crippen LogP contribution >= 0.6 is 0 Å². The molecule has 0 saturated heterocycles. The standard InChI is InChI=1S/C2HF5O2S.K/c3-1(4,5)2(6,7)10(8)9;/h(H,8,9);/q;+1/p-1. The maximum absolute atomic E-state index is 11.3. The predicted octanol–water partition coefficient (Wildman–Crippen LogP) is -1.98. The molecule has 9 heteroatoms. The molecule has 0 radical (unpaired) electrons. The molecule has 1 atom stereocenters. The van der Waals surface area contributed by atoms with E-state index in [9.17, 15) is 30.7 Å². The molecule has 0 rings (SSSR count). The van der Waals surface area contributed by atoms with E-state index in [-0.39, 0.29) is 51.4 Å². The fourth-order valence-corrected chi connectivity index (χ4v) is 0.283. The van der Waals surface area contributed by atoms with Crippen LogP contribution in [0.4, 0.5) is 22.0 Å². The molecular weight excluding hydrogens is 222 g/mol. The van der Waals surface area contributed by atoms with Crippen LogP contribution in [0.1, 0.15) is 0 Å². The van der Waals surface area contributed by atoms with Crippen molar-refractivity contribution in [3.05, 3.63) is 0 Å². The first-order valence-electron chi connectivity index (χ1n) is 1.73. The van der Waals surface area contributed by atoms with E-state index >= 15 is 0 Å². The Labute approximate surface area is 103 Å². The first-order valence-corrected chi connectivity index (χ1v) is 2.81. The van der Waals surface area contributed by atoms with Crippen molar-refractivity contribution in [3.8, 4) is 0 Å². The minimum atomic E-state index is -6.03. The van der Waals surface area contributed by atoms with E-state index in [1.165, 1.54) is 0 Å². The van der Waals surface area contributed by atoms with Gasteiger partial charge < -0.3 is 4.55 Å². The summed E-state index contributed by atoms with van der Waals surface area (Å²) >= 11 is -4.45. The zero-order valence-electron chi connectivity index (χ0n) is 5.11. The average molecular weight is 222 g/mol. The Bertz CT molecular complexity index is 155. The summed E-state index contributed by atoms with van der Waals surface area (Å²) in [6.07, 6.45) is -6.03. The number of alkyl halides is 5. The minimum absolute atomic E-state index is 0. The van der Waals surface area contributed by atoms with Crippen molar-refractivity contribution in [2.24, 2.45) is 0 Å². The topological polar surface area (TPSA) is 40.1 Å². The van der Waals surface area contributed by atoms with Gasteiger partial charge in [0, 0.05) is 11.1 Å². The third-order valence-electron chi connectivity index (χ3n) is 0.539. The Hall–Kier alpha value is 1.40. The summed E-state index contributed by atoms with van der Waals surface area (Å²) in [5.41, 5.74) is 0. The fraction of sp³-hybridized carbons (Fsp3) is 1.00. The van der Waals surface area contributed by atoms with Crippen LogP contribution in [0.5, 0.6) is 0 Å². The van der Waals surface area contributed by atoms with Crippen molar-refractivity contribution in [3.63, 3.8) is 0 Å². The molecule has 0 bridgehead atoms. The van der Waals surface area contributed by atoms with Gasteiger partial charge in [-0.25, -0.2) is 0 Å². The van der Waals surface area contributed by atoms with E-state index in [4.69, 9.17) is 0 Å². The molecule has 0 aromatic rings. The third-order valence-corrected chi connectivity index (χ3v) is 1.19. The van der Waals surface area contributed by atoms with Crippen LogP contribution in [0.15, 0.2) is 0 Å². The first kappa shape index (κ1) is 14.9. The van der Waals surface area contributed by atoms with Crippen LogP contribution in [-0.4, -0.2) is 20.2 Å². The van der Waals surface area contributed by atoms with Gasteiger partial charge in [-0.15, -0.1) is 0 Å². The van der Waals surface area contributed by atoms with Crippen LogP contribution in [0.25, 0.3) is 0 Å². The third kappa shape index (κ3) is 3.74. The molecule has 0 aliphatic heterocycles. The summed E-state index contributed by atoms with van der Waals surface area (Å²) < 4.78 is 73.8. The normalized spacial score (nSPS) is 15.5. The second kappa shape index (κ2) is 4.58. The monoisotopic (exact) mass is 222 g/mol. The SMILES string of the molecule is O=S([O-])C(F)(F)C(F)(F)F.[K+]. The van der Waals surface area contributed by atoms with E-state index < -0.39 is 22.5 Å². The van der Waals surface area contributed by atoms with Crippen LogP contribution in [0.2, 0.25) is 0 Å². The zero-order valence-corrected chi connectivity index (χ0v) is 9.05. The number of hydrogen-bond acceptors (Lipinski definition) is 2. The molecule has 2 nitrogen and oxygen atoms in total. The van der Waals surface area contributed by atoms with Gasteiger partial charge in [-0.3, -0.25) is 4.21 Å².